The molecule has 5 aliphatic rings. The van der Waals surface area contributed by atoms with Gasteiger partial charge in [0, 0.05) is 86.4 Å². The molecule has 9 nitrogen and oxygen atoms in total. The predicted octanol–water partition coefficient (Wildman–Crippen LogP) is 5.38. The summed E-state index contributed by atoms with van der Waals surface area (Å²) in [5.74, 6) is 1.70. The number of halogens is 2. The molecule has 1 N–H and O–H groups in total. The summed E-state index contributed by atoms with van der Waals surface area (Å²) in [7, 11) is 1.80. The molecule has 0 spiro atoms. The van der Waals surface area contributed by atoms with Crippen LogP contribution in [0.5, 0.6) is 0 Å². The van der Waals surface area contributed by atoms with Gasteiger partial charge in [-0.25, -0.2) is 8.78 Å². The van der Waals surface area contributed by atoms with E-state index in [0.29, 0.717) is 48.9 Å². The Hall–Kier alpha value is -3.31. The van der Waals surface area contributed by atoms with E-state index in [4.69, 9.17) is 5.10 Å². The van der Waals surface area contributed by atoms with Crippen molar-refractivity contribution < 1.29 is 13.6 Å². The van der Waals surface area contributed by atoms with Crippen molar-refractivity contribution in [2.24, 2.45) is 13.0 Å². The molecule has 1 unspecified atom stereocenters. The van der Waals surface area contributed by atoms with Gasteiger partial charge in [0.1, 0.15) is 0 Å². The van der Waals surface area contributed by atoms with Crippen molar-refractivity contribution in [3.8, 4) is 11.1 Å². The number of nitrogens with one attached hydrogen (secondary N) is 1. The molecular formula is C35H46F2N8O. The summed E-state index contributed by atoms with van der Waals surface area (Å²) >= 11 is 0. The minimum Gasteiger partial charge on any atom is -0.338 e. The highest BCUT2D eigenvalue weighted by atomic mass is 19.3. The van der Waals surface area contributed by atoms with Gasteiger partial charge in [0.2, 0.25) is 5.91 Å². The SMILES string of the molecule is CC(=O)N1CCc2c(c(N3CCCc4cc(-c5cnn(C)c5)c(C(F)F)cc43)nn2C2C[C@H]3CC[C@@H](C2)N3CC2CCNCC2)C1. The largest absolute Gasteiger partial charge is 0.338 e. The first-order valence-corrected chi connectivity index (χ1v) is 17.4. The van der Waals surface area contributed by atoms with Crippen LogP contribution >= 0.6 is 0 Å². The van der Waals surface area contributed by atoms with Gasteiger partial charge >= 0.3 is 0 Å². The molecule has 0 radical (unpaired) electrons. The molecule has 2 aromatic heterocycles. The monoisotopic (exact) mass is 632 g/mol. The number of rotatable bonds is 6. The molecule has 1 aromatic carbocycles. The van der Waals surface area contributed by atoms with E-state index in [1.807, 2.05) is 11.0 Å². The number of hydrogen-bond acceptors (Lipinski definition) is 6. The summed E-state index contributed by atoms with van der Waals surface area (Å²) < 4.78 is 33.2. The van der Waals surface area contributed by atoms with Gasteiger partial charge in [-0.3, -0.25) is 19.1 Å². The fourth-order valence-corrected chi connectivity index (χ4v) is 9.18. The standard InChI is InChI=1S/C35H46F2N8O/c1-22(46)42-13-9-32-31(21-42)35(40-45(32)28-15-26-5-6-27(16-28)44(26)19-23-7-10-38-11-8-23)43-12-3-4-24-14-29(25-18-39-41(2)20-25)30(34(36)37)17-33(24)43/h14,17-18,20,23,26-28,34,38H,3-13,15-16,19,21H2,1-2H3/t26-,27+,28?. The van der Waals surface area contributed by atoms with Crippen LogP contribution < -0.4 is 10.2 Å². The maximum absolute atomic E-state index is 14.6. The predicted molar refractivity (Wildman–Crippen MR) is 173 cm³/mol. The lowest BCUT2D eigenvalue weighted by atomic mass is 9.92. The van der Waals surface area contributed by atoms with E-state index in [2.05, 4.69) is 24.9 Å². The molecule has 246 valence electrons. The van der Waals surface area contributed by atoms with Gasteiger partial charge in [0.25, 0.3) is 6.43 Å². The fourth-order valence-electron chi connectivity index (χ4n) is 9.18. The lowest BCUT2D eigenvalue weighted by molar-refractivity contribution is -0.129. The first kappa shape index (κ1) is 30.1. The second-order valence-corrected chi connectivity index (χ2v) is 14.3. The number of carbonyl (C=O) groups excluding carboxylic acids is 1. The van der Waals surface area contributed by atoms with Gasteiger partial charge in [0.15, 0.2) is 5.82 Å². The Bertz CT molecular complexity index is 1600. The normalized spacial score (nSPS) is 25.3. The molecule has 3 saturated heterocycles. The van der Waals surface area contributed by atoms with Crippen LogP contribution in [0.25, 0.3) is 11.1 Å². The quantitative estimate of drug-likeness (QED) is 0.394. The third-order valence-electron chi connectivity index (χ3n) is 11.5. The van der Waals surface area contributed by atoms with Crippen LogP contribution in [-0.2, 0) is 31.2 Å². The molecule has 0 saturated carbocycles. The molecule has 11 heteroatoms. The number of hydrogen-bond donors (Lipinski definition) is 1. The number of aromatic nitrogens is 4. The zero-order valence-corrected chi connectivity index (χ0v) is 27.1. The molecular weight excluding hydrogens is 586 g/mol. The van der Waals surface area contributed by atoms with Gasteiger partial charge in [-0.15, -0.1) is 0 Å². The summed E-state index contributed by atoms with van der Waals surface area (Å²) in [6.07, 6.45) is 10.6. The number of piperidine rings is 2. The zero-order valence-electron chi connectivity index (χ0n) is 27.1. The van der Waals surface area contributed by atoms with Gasteiger partial charge < -0.3 is 15.1 Å². The number of nitrogens with zero attached hydrogens (tertiary/aromatic N) is 7. The average molecular weight is 633 g/mol. The third-order valence-corrected chi connectivity index (χ3v) is 11.5. The lowest BCUT2D eigenvalue weighted by Crippen LogP contribution is -2.47. The minimum atomic E-state index is -2.62. The molecule has 0 aliphatic carbocycles. The lowest BCUT2D eigenvalue weighted by Gasteiger charge is -2.42. The minimum absolute atomic E-state index is 0.0232. The van der Waals surface area contributed by atoms with E-state index >= 15 is 0 Å². The van der Waals surface area contributed by atoms with E-state index in [1.165, 1.54) is 37.9 Å². The molecule has 3 atom stereocenters. The van der Waals surface area contributed by atoms with Crippen molar-refractivity contribution in [1.82, 2.24) is 34.7 Å². The van der Waals surface area contributed by atoms with Crippen molar-refractivity contribution in [2.45, 2.75) is 95.8 Å². The Labute approximate surface area is 269 Å². The highest BCUT2D eigenvalue weighted by Crippen LogP contribution is 2.46. The van der Waals surface area contributed by atoms with Crippen LogP contribution in [0.3, 0.4) is 0 Å². The smallest absolute Gasteiger partial charge is 0.264 e. The van der Waals surface area contributed by atoms with Gasteiger partial charge in [-0.2, -0.15) is 10.2 Å². The maximum atomic E-state index is 14.6. The van der Waals surface area contributed by atoms with E-state index in [1.54, 1.807) is 37.1 Å². The van der Waals surface area contributed by atoms with Crippen LogP contribution in [0.2, 0.25) is 0 Å². The first-order chi connectivity index (χ1) is 22.3. The number of carbonyl (C=O) groups is 1. The summed E-state index contributed by atoms with van der Waals surface area (Å²) in [5.41, 5.74) is 5.48. The highest BCUT2D eigenvalue weighted by molar-refractivity contribution is 5.78. The third kappa shape index (κ3) is 5.33. The van der Waals surface area contributed by atoms with Crippen LogP contribution in [-0.4, -0.2) is 80.1 Å². The topological polar surface area (TPSA) is 74.5 Å². The second-order valence-electron chi connectivity index (χ2n) is 14.3. The highest BCUT2D eigenvalue weighted by Gasteiger charge is 2.44. The summed E-state index contributed by atoms with van der Waals surface area (Å²) in [6, 6.07) is 5.14. The fraction of sp³-hybridized carbons (Fsp3) is 0.629. The average Bonchev–Trinajstić information content (AvgIpc) is 3.72. The summed E-state index contributed by atoms with van der Waals surface area (Å²) in [4.78, 5) is 19.5. The Morgan fingerprint density at radius 1 is 1.04 bits per heavy atom. The van der Waals surface area contributed by atoms with E-state index in [-0.39, 0.29) is 11.5 Å². The second kappa shape index (κ2) is 12.0. The molecule has 5 aliphatic heterocycles. The molecule has 7 heterocycles. The van der Waals surface area contributed by atoms with Crippen LogP contribution in [0.4, 0.5) is 20.3 Å². The van der Waals surface area contributed by atoms with Crippen LogP contribution in [0.15, 0.2) is 24.5 Å². The van der Waals surface area contributed by atoms with Gasteiger partial charge in [-0.1, -0.05) is 0 Å². The first-order valence-electron chi connectivity index (χ1n) is 17.4. The molecule has 2 bridgehead atoms. The van der Waals surface area contributed by atoms with Gasteiger partial charge in [-0.05, 0) is 93.6 Å². The van der Waals surface area contributed by atoms with Crippen LogP contribution in [0, 0.1) is 5.92 Å². The molecule has 3 fully saturated rings. The van der Waals surface area contributed by atoms with Crippen molar-refractivity contribution in [1.29, 1.82) is 0 Å². The number of anilines is 2. The molecule has 46 heavy (non-hydrogen) atoms. The van der Waals surface area contributed by atoms with Crippen LogP contribution in [0.1, 0.15) is 86.7 Å². The number of alkyl halides is 2. The number of amides is 1. The Balaban J connectivity index is 1.15. The number of benzene rings is 1. The van der Waals surface area contributed by atoms with Crippen molar-refractivity contribution in [3.63, 3.8) is 0 Å². The zero-order chi connectivity index (χ0) is 31.5. The van der Waals surface area contributed by atoms with E-state index < -0.39 is 6.43 Å². The van der Waals surface area contributed by atoms with Crippen molar-refractivity contribution in [2.75, 3.05) is 37.6 Å². The maximum Gasteiger partial charge on any atom is 0.264 e. The van der Waals surface area contributed by atoms with E-state index in [9.17, 15) is 13.6 Å². The Kier molecular flexibility index (Phi) is 7.87. The number of aryl methyl sites for hydroxylation is 2. The van der Waals surface area contributed by atoms with Crippen molar-refractivity contribution >= 4 is 17.4 Å². The number of fused-ring (bicyclic) bond motifs is 4. The van der Waals surface area contributed by atoms with E-state index in [0.717, 1.165) is 73.7 Å². The molecule has 3 aromatic rings. The van der Waals surface area contributed by atoms with Crippen molar-refractivity contribution in [3.05, 3.63) is 46.9 Å². The molecule has 8 rings (SSSR count). The summed E-state index contributed by atoms with van der Waals surface area (Å²) in [5, 5.41) is 13.2. The Morgan fingerprint density at radius 3 is 2.52 bits per heavy atom. The Morgan fingerprint density at radius 2 is 1.83 bits per heavy atom. The van der Waals surface area contributed by atoms with Gasteiger partial charge in [0.05, 0.1) is 18.8 Å². The summed E-state index contributed by atoms with van der Waals surface area (Å²) in [6.45, 7) is 7.05. The molecule has 1 amide bonds.